The van der Waals surface area contributed by atoms with Crippen molar-refractivity contribution in [3.63, 3.8) is 0 Å². The van der Waals surface area contributed by atoms with Crippen molar-refractivity contribution in [2.75, 3.05) is 13.1 Å². The van der Waals surface area contributed by atoms with Crippen molar-refractivity contribution >= 4 is 12.0 Å². The summed E-state index contributed by atoms with van der Waals surface area (Å²) in [5.41, 5.74) is 1.75. The predicted molar refractivity (Wildman–Crippen MR) is 124 cm³/mol. The summed E-state index contributed by atoms with van der Waals surface area (Å²) >= 11 is 0. The molecule has 1 heterocycles. The fourth-order valence-corrected chi connectivity index (χ4v) is 5.87. The van der Waals surface area contributed by atoms with Gasteiger partial charge in [0.1, 0.15) is 5.60 Å². The van der Waals surface area contributed by atoms with Gasteiger partial charge in [-0.1, -0.05) is 24.3 Å². The van der Waals surface area contributed by atoms with Crippen LogP contribution in [0.1, 0.15) is 69.9 Å². The molecule has 2 amide bonds. The SMILES string of the molecule is CC(C)(C)OC(=O)NCc1cccc(C2CCN(C(=O)C3CC4CCC3C(O)C4O)CC2)c1. The van der Waals surface area contributed by atoms with Gasteiger partial charge >= 0.3 is 6.09 Å². The van der Waals surface area contributed by atoms with Crippen LogP contribution in [0.2, 0.25) is 0 Å². The summed E-state index contributed by atoms with van der Waals surface area (Å²) in [6.07, 6.45) is 2.40. The van der Waals surface area contributed by atoms with Crippen LogP contribution in [-0.4, -0.2) is 58.0 Å². The number of nitrogens with zero attached hydrogens (tertiary/aromatic N) is 1. The molecular weight excluding hydrogens is 420 g/mol. The van der Waals surface area contributed by atoms with E-state index in [-0.39, 0.29) is 23.7 Å². The Kier molecular flexibility index (Phi) is 7.01. The van der Waals surface area contributed by atoms with Gasteiger partial charge in [0.25, 0.3) is 0 Å². The smallest absolute Gasteiger partial charge is 0.407 e. The quantitative estimate of drug-likeness (QED) is 0.644. The van der Waals surface area contributed by atoms with Gasteiger partial charge in [0, 0.05) is 25.6 Å². The molecule has 2 bridgehead atoms. The molecule has 3 saturated carbocycles. The van der Waals surface area contributed by atoms with E-state index in [9.17, 15) is 19.8 Å². The van der Waals surface area contributed by atoms with E-state index < -0.39 is 23.9 Å². The van der Waals surface area contributed by atoms with Crippen LogP contribution in [0.5, 0.6) is 0 Å². The molecule has 5 unspecified atom stereocenters. The molecule has 7 heteroatoms. The Hall–Kier alpha value is -2.12. The van der Waals surface area contributed by atoms with Gasteiger partial charge in [0.2, 0.25) is 5.91 Å². The summed E-state index contributed by atoms with van der Waals surface area (Å²) in [7, 11) is 0. The van der Waals surface area contributed by atoms with Crippen LogP contribution in [0.3, 0.4) is 0 Å². The Balaban J connectivity index is 1.30. The number of aliphatic hydroxyl groups is 2. The van der Waals surface area contributed by atoms with Crippen molar-refractivity contribution in [3.8, 4) is 0 Å². The molecule has 4 aliphatic rings. The first-order valence-electron chi connectivity index (χ1n) is 12.3. The molecule has 33 heavy (non-hydrogen) atoms. The van der Waals surface area contributed by atoms with E-state index in [1.807, 2.05) is 37.8 Å². The summed E-state index contributed by atoms with van der Waals surface area (Å²) in [4.78, 5) is 27.1. The number of hydrogen-bond acceptors (Lipinski definition) is 5. The zero-order valence-corrected chi connectivity index (χ0v) is 20.0. The number of fused-ring (bicyclic) bond motifs is 3. The molecule has 182 valence electrons. The molecule has 3 N–H and O–H groups in total. The fourth-order valence-electron chi connectivity index (χ4n) is 5.87. The lowest BCUT2D eigenvalue weighted by Gasteiger charge is -2.49. The third kappa shape index (κ3) is 5.52. The van der Waals surface area contributed by atoms with E-state index >= 15 is 0 Å². The largest absolute Gasteiger partial charge is 0.444 e. The lowest BCUT2D eigenvalue weighted by atomic mass is 9.61. The van der Waals surface area contributed by atoms with Gasteiger partial charge in [-0.05, 0) is 81.8 Å². The molecule has 5 rings (SSSR count). The Morgan fingerprint density at radius 3 is 2.48 bits per heavy atom. The maximum Gasteiger partial charge on any atom is 0.407 e. The van der Waals surface area contributed by atoms with Gasteiger partial charge in [0.05, 0.1) is 12.2 Å². The van der Waals surface area contributed by atoms with Crippen molar-refractivity contribution < 1.29 is 24.5 Å². The zero-order chi connectivity index (χ0) is 23.8. The summed E-state index contributed by atoms with van der Waals surface area (Å²) < 4.78 is 5.30. The van der Waals surface area contributed by atoms with Gasteiger partial charge < -0.3 is 25.2 Å². The molecule has 1 aromatic rings. The summed E-state index contributed by atoms with van der Waals surface area (Å²) in [6, 6.07) is 8.27. The highest BCUT2D eigenvalue weighted by Gasteiger charge is 2.50. The van der Waals surface area contributed by atoms with Gasteiger partial charge in [-0.3, -0.25) is 4.79 Å². The van der Waals surface area contributed by atoms with E-state index in [1.54, 1.807) is 0 Å². The van der Waals surface area contributed by atoms with Crippen molar-refractivity contribution in [2.24, 2.45) is 17.8 Å². The van der Waals surface area contributed by atoms with Gasteiger partial charge in [0.15, 0.2) is 0 Å². The fraction of sp³-hybridized carbons (Fsp3) is 0.692. The number of piperidine rings is 1. The van der Waals surface area contributed by atoms with Gasteiger partial charge in [-0.2, -0.15) is 0 Å². The Morgan fingerprint density at radius 1 is 1.09 bits per heavy atom. The number of benzene rings is 1. The van der Waals surface area contributed by atoms with E-state index in [4.69, 9.17) is 4.74 Å². The van der Waals surface area contributed by atoms with Crippen molar-refractivity contribution in [1.29, 1.82) is 0 Å². The average molecular weight is 459 g/mol. The van der Waals surface area contributed by atoms with Gasteiger partial charge in [-0.25, -0.2) is 4.79 Å². The average Bonchev–Trinajstić information content (AvgIpc) is 2.79. The van der Waals surface area contributed by atoms with Crippen LogP contribution in [0, 0.1) is 17.8 Å². The number of nitrogens with one attached hydrogen (secondary N) is 1. The zero-order valence-electron chi connectivity index (χ0n) is 20.0. The lowest BCUT2D eigenvalue weighted by Crippen LogP contribution is -2.56. The number of aliphatic hydroxyl groups excluding tert-OH is 2. The first kappa shape index (κ1) is 24.0. The van der Waals surface area contributed by atoms with Crippen LogP contribution in [-0.2, 0) is 16.1 Å². The molecule has 1 saturated heterocycles. The highest BCUT2D eigenvalue weighted by Crippen LogP contribution is 2.46. The first-order valence-corrected chi connectivity index (χ1v) is 12.3. The third-order valence-electron chi connectivity index (χ3n) is 7.60. The number of likely N-dealkylation sites (tertiary alicyclic amines) is 1. The number of ether oxygens (including phenoxy) is 1. The second kappa shape index (κ2) is 9.63. The van der Waals surface area contributed by atoms with Gasteiger partial charge in [-0.15, -0.1) is 0 Å². The Labute approximate surface area is 196 Å². The molecular formula is C26H38N2O5. The second-order valence-corrected chi connectivity index (χ2v) is 11.0. The minimum atomic E-state index is -0.763. The van der Waals surface area contributed by atoms with E-state index in [1.165, 1.54) is 5.56 Å². The molecule has 0 radical (unpaired) electrons. The van der Waals surface area contributed by atoms with Crippen LogP contribution in [0.4, 0.5) is 4.79 Å². The van der Waals surface area contributed by atoms with Crippen LogP contribution < -0.4 is 5.32 Å². The predicted octanol–water partition coefficient (Wildman–Crippen LogP) is 3.19. The molecule has 3 aliphatic carbocycles. The molecule has 1 aromatic carbocycles. The molecule has 1 aliphatic heterocycles. The number of rotatable bonds is 4. The van der Waals surface area contributed by atoms with E-state index in [0.717, 1.165) is 44.3 Å². The normalized spacial score (nSPS) is 30.2. The van der Waals surface area contributed by atoms with Crippen molar-refractivity contribution in [2.45, 2.75) is 83.1 Å². The number of carbonyl (C=O) groups is 2. The minimum absolute atomic E-state index is 0.0496. The summed E-state index contributed by atoms with van der Waals surface area (Å²) in [6.45, 7) is 7.38. The highest BCUT2D eigenvalue weighted by molar-refractivity contribution is 5.79. The molecule has 0 aromatic heterocycles. The van der Waals surface area contributed by atoms with E-state index in [2.05, 4.69) is 17.4 Å². The molecule has 7 nitrogen and oxygen atoms in total. The topological polar surface area (TPSA) is 99.1 Å². The number of alkyl carbamates (subject to hydrolysis) is 1. The van der Waals surface area contributed by atoms with E-state index in [0.29, 0.717) is 18.9 Å². The lowest BCUT2D eigenvalue weighted by molar-refractivity contribution is -0.163. The van der Waals surface area contributed by atoms with Crippen molar-refractivity contribution in [1.82, 2.24) is 10.2 Å². The summed E-state index contributed by atoms with van der Waals surface area (Å²) in [5.74, 6) is 0.328. The number of amides is 2. The first-order chi connectivity index (χ1) is 15.6. The van der Waals surface area contributed by atoms with Crippen LogP contribution in [0.25, 0.3) is 0 Å². The second-order valence-electron chi connectivity index (χ2n) is 11.0. The van der Waals surface area contributed by atoms with Crippen molar-refractivity contribution in [3.05, 3.63) is 35.4 Å². The number of carbonyl (C=O) groups excluding carboxylic acids is 2. The summed E-state index contributed by atoms with van der Waals surface area (Å²) in [5, 5.41) is 23.4. The maximum absolute atomic E-state index is 13.2. The highest BCUT2D eigenvalue weighted by atomic mass is 16.6. The monoisotopic (exact) mass is 458 g/mol. The molecule has 4 fully saturated rings. The van der Waals surface area contributed by atoms with Crippen LogP contribution in [0.15, 0.2) is 24.3 Å². The standard InChI is InChI=1S/C26H38N2O5/c1-26(2,3)33-25(32)27-15-16-5-4-6-18(13-16)17-9-11-28(12-10-17)24(31)21-14-19-7-8-20(21)23(30)22(19)29/h4-6,13,17,19-23,29-30H,7-12,14-15H2,1-3H3,(H,27,32). The minimum Gasteiger partial charge on any atom is -0.444 e. The molecule has 0 spiro atoms. The number of hydrogen-bond donors (Lipinski definition) is 3. The van der Waals surface area contributed by atoms with Crippen LogP contribution >= 0.6 is 0 Å². The third-order valence-corrected chi connectivity index (χ3v) is 7.60. The maximum atomic E-state index is 13.2. The molecule has 5 atom stereocenters. The Morgan fingerprint density at radius 2 is 1.82 bits per heavy atom. The Bertz CT molecular complexity index is 856.